The van der Waals surface area contributed by atoms with Crippen LogP contribution in [0.1, 0.15) is 18.5 Å². The number of halogens is 3. The van der Waals surface area contributed by atoms with Gasteiger partial charge < -0.3 is 9.84 Å². The number of methoxy groups -OCH3 is 1. The molecule has 1 aliphatic heterocycles. The lowest BCUT2D eigenvalue weighted by atomic mass is 9.99. The van der Waals surface area contributed by atoms with Gasteiger partial charge in [0, 0.05) is 26.9 Å². The van der Waals surface area contributed by atoms with E-state index in [0.29, 0.717) is 4.31 Å². The Kier molecular flexibility index (Phi) is 4.67. The molecule has 1 aliphatic rings. The fourth-order valence-corrected chi connectivity index (χ4v) is 4.81. The summed E-state index contributed by atoms with van der Waals surface area (Å²) in [7, 11) is -2.39. The molecule has 1 N–H and O–H groups in total. The molecule has 0 aromatic carbocycles. The van der Waals surface area contributed by atoms with Crippen LogP contribution in [0.25, 0.3) is 0 Å². The van der Waals surface area contributed by atoms with E-state index in [2.05, 4.69) is 5.10 Å². The third kappa shape index (κ3) is 2.89. The molecular weight excluding hydrogens is 355 g/mol. The van der Waals surface area contributed by atoms with Crippen LogP contribution in [0, 0.1) is 0 Å². The van der Waals surface area contributed by atoms with Crippen molar-refractivity contribution in [3.8, 4) is 0 Å². The molecule has 1 unspecified atom stereocenters. The van der Waals surface area contributed by atoms with E-state index in [1.54, 1.807) is 0 Å². The molecule has 0 amide bonds. The largest absolute Gasteiger partial charge is 0.480 e. The SMILES string of the molecule is COCC1(C(=O)O)CCCN1S(=O)(=O)c1cn(C)nc1C(F)(F)F. The van der Waals surface area contributed by atoms with Gasteiger partial charge in [0.25, 0.3) is 0 Å². The Hall–Kier alpha value is -1.66. The second-order valence-corrected chi connectivity index (χ2v) is 7.29. The normalized spacial score (nSPS) is 22.9. The van der Waals surface area contributed by atoms with E-state index in [0.717, 1.165) is 17.9 Å². The van der Waals surface area contributed by atoms with Gasteiger partial charge in [0.1, 0.15) is 4.90 Å². The first-order chi connectivity index (χ1) is 11.0. The number of nitrogens with zero attached hydrogens (tertiary/aromatic N) is 3. The summed E-state index contributed by atoms with van der Waals surface area (Å²) >= 11 is 0. The van der Waals surface area contributed by atoms with Crippen LogP contribution in [0.2, 0.25) is 0 Å². The van der Waals surface area contributed by atoms with Crippen LogP contribution >= 0.6 is 0 Å². The summed E-state index contributed by atoms with van der Waals surface area (Å²) < 4.78 is 70.9. The molecule has 136 valence electrons. The summed E-state index contributed by atoms with van der Waals surface area (Å²) in [5.74, 6) is -1.47. The highest BCUT2D eigenvalue weighted by Gasteiger charge is 2.55. The molecule has 12 heteroatoms. The molecule has 0 saturated carbocycles. The first-order valence-electron chi connectivity index (χ1n) is 6.83. The average Bonchev–Trinajstić information content (AvgIpc) is 3.03. The summed E-state index contributed by atoms with van der Waals surface area (Å²) in [5.41, 5.74) is -3.51. The standard InChI is InChI=1S/C12H16F3N3O5S/c1-17-6-8(9(16-17)12(13,14)15)24(21,22)18-5-3-4-11(18,7-23-2)10(19)20/h6H,3-5,7H2,1-2H3,(H,19,20). The fraction of sp³-hybridized carbons (Fsp3) is 0.667. The van der Waals surface area contributed by atoms with Gasteiger partial charge in [-0.05, 0) is 12.8 Å². The van der Waals surface area contributed by atoms with Gasteiger partial charge in [-0.2, -0.15) is 22.6 Å². The molecule has 0 radical (unpaired) electrons. The van der Waals surface area contributed by atoms with Crippen molar-refractivity contribution in [3.05, 3.63) is 11.9 Å². The minimum absolute atomic E-state index is 0.0585. The molecule has 8 nitrogen and oxygen atoms in total. The maximum absolute atomic E-state index is 13.1. The molecule has 0 spiro atoms. The lowest BCUT2D eigenvalue weighted by Crippen LogP contribution is -2.56. The van der Waals surface area contributed by atoms with Crippen molar-refractivity contribution >= 4 is 16.0 Å². The van der Waals surface area contributed by atoms with Crippen LogP contribution in [-0.4, -0.2) is 59.4 Å². The van der Waals surface area contributed by atoms with Gasteiger partial charge in [-0.15, -0.1) is 0 Å². The second-order valence-electron chi connectivity index (χ2n) is 5.46. The van der Waals surface area contributed by atoms with E-state index in [1.165, 1.54) is 7.11 Å². The Morgan fingerprint density at radius 2 is 2.12 bits per heavy atom. The number of hydrogen-bond acceptors (Lipinski definition) is 5. The van der Waals surface area contributed by atoms with Gasteiger partial charge in [0.05, 0.1) is 6.61 Å². The topological polar surface area (TPSA) is 102 Å². The van der Waals surface area contributed by atoms with Crippen molar-refractivity contribution in [2.24, 2.45) is 7.05 Å². The summed E-state index contributed by atoms with van der Waals surface area (Å²) in [6, 6.07) is 0. The van der Waals surface area contributed by atoms with Crippen molar-refractivity contribution in [1.29, 1.82) is 0 Å². The zero-order chi connectivity index (χ0) is 18.3. The van der Waals surface area contributed by atoms with E-state index in [9.17, 15) is 31.5 Å². The zero-order valence-electron chi connectivity index (χ0n) is 12.9. The minimum Gasteiger partial charge on any atom is -0.480 e. The van der Waals surface area contributed by atoms with Crippen LogP contribution in [0.4, 0.5) is 13.2 Å². The number of hydrogen-bond donors (Lipinski definition) is 1. The number of rotatable bonds is 5. The van der Waals surface area contributed by atoms with Gasteiger partial charge in [-0.3, -0.25) is 9.48 Å². The third-order valence-corrected chi connectivity index (χ3v) is 5.81. The molecular formula is C12H16F3N3O5S. The van der Waals surface area contributed by atoms with Gasteiger partial charge in [-0.25, -0.2) is 8.42 Å². The average molecular weight is 371 g/mol. The highest BCUT2D eigenvalue weighted by molar-refractivity contribution is 7.89. The molecule has 1 atom stereocenters. The van der Waals surface area contributed by atoms with E-state index >= 15 is 0 Å². The van der Waals surface area contributed by atoms with E-state index < -0.39 is 44.9 Å². The molecule has 1 saturated heterocycles. The smallest absolute Gasteiger partial charge is 0.436 e. The summed E-state index contributed by atoms with van der Waals surface area (Å²) in [6.07, 6.45) is -4.14. The maximum atomic E-state index is 13.1. The minimum atomic E-state index is -4.99. The molecule has 0 aliphatic carbocycles. The Balaban J connectivity index is 2.61. The first-order valence-corrected chi connectivity index (χ1v) is 8.27. The molecule has 1 fully saturated rings. The van der Waals surface area contributed by atoms with E-state index in [-0.39, 0.29) is 19.4 Å². The van der Waals surface area contributed by atoms with Crippen LogP contribution in [0.5, 0.6) is 0 Å². The highest BCUT2D eigenvalue weighted by atomic mass is 32.2. The van der Waals surface area contributed by atoms with E-state index in [4.69, 9.17) is 4.74 Å². The highest BCUT2D eigenvalue weighted by Crippen LogP contribution is 2.39. The van der Waals surface area contributed by atoms with Crippen LogP contribution in [-0.2, 0) is 32.8 Å². The summed E-state index contributed by atoms with van der Waals surface area (Å²) in [4.78, 5) is 10.6. The molecule has 1 aromatic heterocycles. The number of carboxylic acid groups (broad SMARTS) is 1. The second kappa shape index (κ2) is 6.01. The van der Waals surface area contributed by atoms with Gasteiger partial charge in [0.2, 0.25) is 10.0 Å². The maximum Gasteiger partial charge on any atom is 0.436 e. The third-order valence-electron chi connectivity index (χ3n) is 3.84. The zero-order valence-corrected chi connectivity index (χ0v) is 13.7. The Morgan fingerprint density at radius 3 is 2.62 bits per heavy atom. The quantitative estimate of drug-likeness (QED) is 0.817. The van der Waals surface area contributed by atoms with Crippen molar-refractivity contribution in [2.45, 2.75) is 29.5 Å². The number of carbonyl (C=O) groups is 1. The molecule has 2 rings (SSSR count). The lowest BCUT2D eigenvalue weighted by molar-refractivity contribution is -0.150. The van der Waals surface area contributed by atoms with Crippen molar-refractivity contribution in [3.63, 3.8) is 0 Å². The molecule has 0 bridgehead atoms. The van der Waals surface area contributed by atoms with E-state index in [1.807, 2.05) is 0 Å². The lowest BCUT2D eigenvalue weighted by Gasteiger charge is -2.32. The molecule has 24 heavy (non-hydrogen) atoms. The molecule has 2 heterocycles. The Morgan fingerprint density at radius 1 is 1.50 bits per heavy atom. The van der Waals surface area contributed by atoms with Gasteiger partial charge in [-0.1, -0.05) is 0 Å². The van der Waals surface area contributed by atoms with Crippen molar-refractivity contribution < 1.29 is 36.2 Å². The number of aryl methyl sites for hydroxylation is 1. The van der Waals surface area contributed by atoms with Gasteiger partial charge in [0.15, 0.2) is 11.2 Å². The predicted molar refractivity (Wildman–Crippen MR) is 73.6 cm³/mol. The fourth-order valence-electron chi connectivity index (χ4n) is 2.83. The van der Waals surface area contributed by atoms with Crippen LogP contribution in [0.15, 0.2) is 11.1 Å². The molecule has 1 aromatic rings. The summed E-state index contributed by atoms with van der Waals surface area (Å²) in [5, 5.41) is 12.6. The van der Waals surface area contributed by atoms with Crippen LogP contribution in [0.3, 0.4) is 0 Å². The van der Waals surface area contributed by atoms with Crippen LogP contribution < -0.4 is 0 Å². The Labute approximate surface area is 135 Å². The summed E-state index contributed by atoms with van der Waals surface area (Å²) in [6.45, 7) is -0.687. The van der Waals surface area contributed by atoms with Crippen molar-refractivity contribution in [2.75, 3.05) is 20.3 Å². The first kappa shape index (κ1) is 18.7. The monoisotopic (exact) mass is 371 g/mol. The number of aliphatic carboxylic acids is 1. The van der Waals surface area contributed by atoms with Crippen molar-refractivity contribution in [1.82, 2.24) is 14.1 Å². The Bertz CT molecular complexity index is 746. The predicted octanol–water partition coefficient (Wildman–Crippen LogP) is 0.693. The number of ether oxygens (including phenoxy) is 1. The number of carboxylic acids is 1. The number of aromatic nitrogens is 2. The number of alkyl halides is 3. The number of sulfonamides is 1. The van der Waals surface area contributed by atoms with Gasteiger partial charge >= 0.3 is 12.1 Å².